The normalized spacial score (nSPS) is 19.4. The summed E-state index contributed by atoms with van der Waals surface area (Å²) in [5, 5.41) is 0. The number of fused-ring (bicyclic) bond motifs is 1. The number of carbonyl (C=O) groups is 2. The number of anilines is 1. The fraction of sp³-hybridized carbons (Fsp3) is 0.312. The molecule has 0 bridgehead atoms. The molecule has 7 heteroatoms. The molecule has 0 spiro atoms. The molecule has 0 radical (unpaired) electrons. The number of hydrogen-bond donors (Lipinski definition) is 1. The van der Waals surface area contributed by atoms with E-state index < -0.39 is 12.0 Å². The number of nitrogens with one attached hydrogen (secondary N) is 1. The van der Waals surface area contributed by atoms with Crippen LogP contribution in [-0.2, 0) is 11.2 Å². The molecule has 0 saturated carbocycles. The van der Waals surface area contributed by atoms with Crippen LogP contribution in [0.4, 0.5) is 5.69 Å². The summed E-state index contributed by atoms with van der Waals surface area (Å²) in [7, 11) is 3.50. The van der Waals surface area contributed by atoms with Crippen molar-refractivity contribution in [2.75, 3.05) is 45.2 Å². The first-order chi connectivity index (χ1) is 19.0. The number of benzene rings is 2. The SMILES string of the molecule is C=C/C=C\c1[nH]cc(C2C(C(=O)N3CCN(c4ccccc4OC)CC3)c3ccccc3C(=O)N2C)c1CC. The molecule has 3 aromatic rings. The minimum absolute atomic E-state index is 0.0536. The number of ether oxygens (including phenoxy) is 1. The van der Waals surface area contributed by atoms with Crippen LogP contribution in [0.2, 0.25) is 0 Å². The number of methoxy groups -OCH3 is 1. The zero-order valence-corrected chi connectivity index (χ0v) is 22.9. The number of likely N-dealkylation sites (N-methyl/N-ethyl adjacent to an activating group) is 1. The number of hydrogen-bond acceptors (Lipinski definition) is 4. The maximum absolute atomic E-state index is 14.4. The Kier molecular flexibility index (Phi) is 7.59. The summed E-state index contributed by atoms with van der Waals surface area (Å²) in [5.74, 6) is 0.323. The Bertz CT molecular complexity index is 1400. The maximum Gasteiger partial charge on any atom is 0.254 e. The lowest BCUT2D eigenvalue weighted by atomic mass is 9.78. The van der Waals surface area contributed by atoms with Gasteiger partial charge in [-0.2, -0.15) is 0 Å². The molecule has 2 aliphatic rings. The van der Waals surface area contributed by atoms with E-state index in [9.17, 15) is 9.59 Å². The van der Waals surface area contributed by atoms with Gasteiger partial charge in [-0.3, -0.25) is 9.59 Å². The molecule has 1 N–H and O–H groups in total. The van der Waals surface area contributed by atoms with Gasteiger partial charge >= 0.3 is 0 Å². The molecular formula is C32H36N4O3. The second-order valence-electron chi connectivity index (χ2n) is 9.99. The maximum atomic E-state index is 14.4. The summed E-state index contributed by atoms with van der Waals surface area (Å²) >= 11 is 0. The van der Waals surface area contributed by atoms with Gasteiger partial charge in [0.15, 0.2) is 0 Å². The van der Waals surface area contributed by atoms with Crippen molar-refractivity contribution in [1.82, 2.24) is 14.8 Å². The molecule has 39 heavy (non-hydrogen) atoms. The predicted octanol–water partition coefficient (Wildman–Crippen LogP) is 5.04. The lowest BCUT2D eigenvalue weighted by Crippen LogP contribution is -2.53. The van der Waals surface area contributed by atoms with Crippen molar-refractivity contribution in [3.63, 3.8) is 0 Å². The number of rotatable bonds is 7. The van der Waals surface area contributed by atoms with Crippen molar-refractivity contribution in [2.24, 2.45) is 0 Å². The van der Waals surface area contributed by atoms with Crippen LogP contribution in [0.5, 0.6) is 5.75 Å². The van der Waals surface area contributed by atoms with Crippen LogP contribution in [0, 0.1) is 0 Å². The average molecular weight is 525 g/mol. The van der Waals surface area contributed by atoms with Crippen molar-refractivity contribution in [1.29, 1.82) is 0 Å². The van der Waals surface area contributed by atoms with Gasteiger partial charge in [0, 0.05) is 50.7 Å². The third-order valence-corrected chi connectivity index (χ3v) is 7.99. The van der Waals surface area contributed by atoms with E-state index in [2.05, 4.69) is 29.5 Å². The van der Waals surface area contributed by atoms with Crippen LogP contribution in [0.1, 0.15) is 51.6 Å². The number of carbonyl (C=O) groups excluding carboxylic acids is 2. The van der Waals surface area contributed by atoms with Gasteiger partial charge in [-0.05, 0) is 47.4 Å². The van der Waals surface area contributed by atoms with Crippen LogP contribution in [0.25, 0.3) is 6.08 Å². The van der Waals surface area contributed by atoms with Gasteiger partial charge in [-0.25, -0.2) is 0 Å². The van der Waals surface area contributed by atoms with Gasteiger partial charge in [0.1, 0.15) is 5.75 Å². The number of aromatic amines is 1. The Morgan fingerprint density at radius 3 is 2.51 bits per heavy atom. The fourth-order valence-corrected chi connectivity index (χ4v) is 6.04. The molecule has 1 saturated heterocycles. The summed E-state index contributed by atoms with van der Waals surface area (Å²) in [4.78, 5) is 37.3. The smallest absolute Gasteiger partial charge is 0.254 e. The van der Waals surface area contributed by atoms with Crippen molar-refractivity contribution >= 4 is 23.6 Å². The number of para-hydroxylation sites is 2. The molecule has 2 amide bonds. The number of piperazine rings is 1. The van der Waals surface area contributed by atoms with Crippen molar-refractivity contribution in [3.8, 4) is 5.75 Å². The van der Waals surface area contributed by atoms with E-state index in [1.165, 1.54) is 0 Å². The summed E-state index contributed by atoms with van der Waals surface area (Å²) in [6.45, 7) is 8.50. The topological polar surface area (TPSA) is 68.9 Å². The minimum Gasteiger partial charge on any atom is -0.495 e. The van der Waals surface area contributed by atoms with Crippen LogP contribution >= 0.6 is 0 Å². The molecule has 2 aliphatic heterocycles. The average Bonchev–Trinajstić information content (AvgIpc) is 3.39. The lowest BCUT2D eigenvalue weighted by Gasteiger charge is -2.43. The van der Waals surface area contributed by atoms with Gasteiger partial charge in [-0.15, -0.1) is 0 Å². The van der Waals surface area contributed by atoms with Gasteiger partial charge < -0.3 is 24.4 Å². The van der Waals surface area contributed by atoms with Gasteiger partial charge in [0.2, 0.25) is 5.91 Å². The largest absolute Gasteiger partial charge is 0.495 e. The molecular weight excluding hydrogens is 488 g/mol. The first-order valence-electron chi connectivity index (χ1n) is 13.5. The number of amides is 2. The third-order valence-electron chi connectivity index (χ3n) is 7.99. The molecule has 1 fully saturated rings. The molecule has 0 aliphatic carbocycles. The van der Waals surface area contributed by atoms with E-state index in [4.69, 9.17) is 4.74 Å². The van der Waals surface area contributed by atoms with E-state index >= 15 is 0 Å². The lowest BCUT2D eigenvalue weighted by molar-refractivity contribution is -0.134. The van der Waals surface area contributed by atoms with E-state index in [0.717, 1.165) is 40.2 Å². The monoisotopic (exact) mass is 524 g/mol. The van der Waals surface area contributed by atoms with Crippen molar-refractivity contribution in [3.05, 3.63) is 101 Å². The number of H-pyrrole nitrogens is 1. The first-order valence-corrected chi connectivity index (χ1v) is 13.5. The van der Waals surface area contributed by atoms with Crippen LogP contribution in [0.3, 0.4) is 0 Å². The summed E-state index contributed by atoms with van der Waals surface area (Å²) in [6, 6.07) is 15.1. The first kappa shape index (κ1) is 26.4. The minimum atomic E-state index is -0.501. The van der Waals surface area contributed by atoms with Gasteiger partial charge in [0.25, 0.3) is 5.91 Å². The quantitative estimate of drug-likeness (QED) is 0.440. The zero-order chi connectivity index (χ0) is 27.5. The summed E-state index contributed by atoms with van der Waals surface area (Å²) in [5.41, 5.74) is 5.51. The molecule has 7 nitrogen and oxygen atoms in total. The summed E-state index contributed by atoms with van der Waals surface area (Å²) < 4.78 is 5.57. The highest BCUT2D eigenvalue weighted by Gasteiger charge is 2.45. The molecule has 1 aromatic heterocycles. The second kappa shape index (κ2) is 11.2. The Balaban J connectivity index is 1.50. The van der Waals surface area contributed by atoms with E-state index in [0.29, 0.717) is 31.7 Å². The van der Waals surface area contributed by atoms with Gasteiger partial charge in [0.05, 0.1) is 24.8 Å². The van der Waals surface area contributed by atoms with E-state index in [-0.39, 0.29) is 11.8 Å². The molecule has 202 valence electrons. The van der Waals surface area contributed by atoms with E-state index in [1.54, 1.807) is 18.1 Å². The third kappa shape index (κ3) is 4.73. The molecule has 2 aromatic carbocycles. The van der Waals surface area contributed by atoms with Gasteiger partial charge in [-0.1, -0.05) is 56.0 Å². The van der Waals surface area contributed by atoms with Crippen LogP contribution in [0.15, 0.2) is 73.5 Å². The molecule has 5 rings (SSSR count). The highest BCUT2D eigenvalue weighted by atomic mass is 16.5. The Morgan fingerprint density at radius 1 is 1.08 bits per heavy atom. The second-order valence-corrected chi connectivity index (χ2v) is 9.99. The van der Waals surface area contributed by atoms with Crippen LogP contribution in [-0.4, -0.2) is 66.9 Å². The number of allylic oxidation sites excluding steroid dienone is 2. The highest BCUT2D eigenvalue weighted by Crippen LogP contribution is 2.45. The standard InChI is InChI=1S/C32H36N4O3/c1-5-7-14-26-22(6-2)25(21-33-26)30-29(23-12-8-9-13-24(23)31(37)34(30)3)32(38)36-19-17-35(18-20-36)27-15-10-11-16-28(27)39-4/h5,7-16,21,29-30,33H,1,6,17-20H2,2-4H3/b14-7-. The number of aromatic nitrogens is 1. The predicted molar refractivity (Wildman–Crippen MR) is 155 cm³/mol. The fourth-order valence-electron chi connectivity index (χ4n) is 6.04. The molecule has 2 unspecified atom stereocenters. The Labute approximate surface area is 230 Å². The van der Waals surface area contributed by atoms with Crippen molar-refractivity contribution in [2.45, 2.75) is 25.3 Å². The highest BCUT2D eigenvalue weighted by molar-refractivity contribution is 6.01. The Hall–Kier alpha value is -4.26. The zero-order valence-electron chi connectivity index (χ0n) is 22.9. The van der Waals surface area contributed by atoms with Crippen LogP contribution < -0.4 is 9.64 Å². The Morgan fingerprint density at radius 2 is 1.79 bits per heavy atom. The molecule has 3 heterocycles. The van der Waals surface area contributed by atoms with E-state index in [1.807, 2.05) is 72.8 Å². The number of nitrogens with zero attached hydrogens (tertiary/aromatic N) is 3. The molecule has 2 atom stereocenters. The van der Waals surface area contributed by atoms with Crippen molar-refractivity contribution < 1.29 is 14.3 Å². The summed E-state index contributed by atoms with van der Waals surface area (Å²) in [6.07, 6.45) is 8.35.